The summed E-state index contributed by atoms with van der Waals surface area (Å²) in [4.78, 5) is 11.8. The smallest absolute Gasteiger partial charge is 0.277 e. The molecule has 0 saturated heterocycles. The van der Waals surface area contributed by atoms with E-state index in [0.717, 1.165) is 5.56 Å². The lowest BCUT2D eigenvalue weighted by Gasteiger charge is -2.09. The largest absolute Gasteiger partial charge is 0.497 e. The summed E-state index contributed by atoms with van der Waals surface area (Å²) in [5.74, 6) is 1.92. The van der Waals surface area contributed by atoms with Crippen LogP contribution < -0.4 is 24.4 Å². The van der Waals surface area contributed by atoms with Crippen LogP contribution in [-0.2, 0) is 4.79 Å². The number of benzene rings is 2. The standard InChI is InChI=1S/C18H20N2O5/c1-22-14-8-13(9-15(10-14)23-2)11-19-20-18(21)12-25-17-7-5-4-6-16(17)24-3/h4-11H,12H2,1-3H3,(H,20,21)/b19-11-. The Morgan fingerprint density at radius 3 is 2.24 bits per heavy atom. The lowest BCUT2D eigenvalue weighted by atomic mass is 10.2. The van der Waals surface area contributed by atoms with Crippen LogP contribution in [0.3, 0.4) is 0 Å². The van der Waals surface area contributed by atoms with Crippen molar-refractivity contribution >= 4 is 12.1 Å². The Kier molecular flexibility index (Phi) is 6.65. The molecule has 0 unspecified atom stereocenters. The van der Waals surface area contributed by atoms with Crippen molar-refractivity contribution in [2.24, 2.45) is 5.10 Å². The Labute approximate surface area is 146 Å². The van der Waals surface area contributed by atoms with Gasteiger partial charge in [-0.1, -0.05) is 12.1 Å². The van der Waals surface area contributed by atoms with Crippen LogP contribution in [0.15, 0.2) is 47.6 Å². The van der Waals surface area contributed by atoms with E-state index >= 15 is 0 Å². The normalized spacial score (nSPS) is 10.4. The molecule has 0 atom stereocenters. The molecule has 0 saturated carbocycles. The van der Waals surface area contributed by atoms with Gasteiger partial charge in [-0.2, -0.15) is 5.10 Å². The lowest BCUT2D eigenvalue weighted by Crippen LogP contribution is -2.24. The minimum Gasteiger partial charge on any atom is -0.497 e. The third kappa shape index (κ3) is 5.42. The minimum atomic E-state index is -0.392. The van der Waals surface area contributed by atoms with Crippen molar-refractivity contribution in [1.29, 1.82) is 0 Å². The molecule has 0 aliphatic rings. The first-order valence-electron chi connectivity index (χ1n) is 7.47. The molecule has 0 aliphatic heterocycles. The van der Waals surface area contributed by atoms with Crippen LogP contribution in [0, 0.1) is 0 Å². The maximum Gasteiger partial charge on any atom is 0.277 e. The van der Waals surface area contributed by atoms with E-state index in [0.29, 0.717) is 23.0 Å². The topological polar surface area (TPSA) is 78.4 Å². The van der Waals surface area contributed by atoms with Gasteiger partial charge in [-0.25, -0.2) is 5.43 Å². The highest BCUT2D eigenvalue weighted by Crippen LogP contribution is 2.25. The van der Waals surface area contributed by atoms with Gasteiger partial charge in [-0.15, -0.1) is 0 Å². The average Bonchev–Trinajstić information content (AvgIpc) is 2.66. The van der Waals surface area contributed by atoms with Gasteiger partial charge in [0.05, 0.1) is 27.5 Å². The second kappa shape index (κ2) is 9.17. The molecule has 25 heavy (non-hydrogen) atoms. The van der Waals surface area contributed by atoms with E-state index in [-0.39, 0.29) is 6.61 Å². The van der Waals surface area contributed by atoms with Crippen LogP contribution in [0.4, 0.5) is 0 Å². The third-order valence-electron chi connectivity index (χ3n) is 3.20. The van der Waals surface area contributed by atoms with Gasteiger partial charge in [-0.05, 0) is 24.3 Å². The van der Waals surface area contributed by atoms with Crippen molar-refractivity contribution in [2.45, 2.75) is 0 Å². The lowest BCUT2D eigenvalue weighted by molar-refractivity contribution is -0.123. The van der Waals surface area contributed by atoms with E-state index in [2.05, 4.69) is 10.5 Å². The quantitative estimate of drug-likeness (QED) is 0.587. The molecule has 0 bridgehead atoms. The zero-order valence-corrected chi connectivity index (χ0v) is 14.3. The monoisotopic (exact) mass is 344 g/mol. The first-order valence-corrected chi connectivity index (χ1v) is 7.47. The molecular formula is C18H20N2O5. The number of hydrazone groups is 1. The number of para-hydroxylation sites is 2. The third-order valence-corrected chi connectivity index (χ3v) is 3.20. The Morgan fingerprint density at radius 1 is 1.00 bits per heavy atom. The number of rotatable bonds is 8. The van der Waals surface area contributed by atoms with Crippen LogP contribution in [0.1, 0.15) is 5.56 Å². The Balaban J connectivity index is 1.90. The average molecular weight is 344 g/mol. The van der Waals surface area contributed by atoms with Gasteiger partial charge < -0.3 is 18.9 Å². The number of carbonyl (C=O) groups excluding carboxylic acids is 1. The SMILES string of the molecule is COc1cc(/C=N\NC(=O)COc2ccccc2OC)cc(OC)c1. The number of hydrogen-bond acceptors (Lipinski definition) is 6. The zero-order chi connectivity index (χ0) is 18.1. The van der Waals surface area contributed by atoms with Gasteiger partial charge in [-0.3, -0.25) is 4.79 Å². The summed E-state index contributed by atoms with van der Waals surface area (Å²) in [5, 5.41) is 3.90. The molecule has 0 aliphatic carbocycles. The van der Waals surface area contributed by atoms with Gasteiger partial charge >= 0.3 is 0 Å². The van der Waals surface area contributed by atoms with E-state index in [1.165, 1.54) is 13.3 Å². The number of nitrogens with one attached hydrogen (secondary N) is 1. The molecule has 7 heteroatoms. The van der Waals surface area contributed by atoms with Gasteiger partial charge in [0.15, 0.2) is 18.1 Å². The van der Waals surface area contributed by atoms with Crippen molar-refractivity contribution in [3.05, 3.63) is 48.0 Å². The number of methoxy groups -OCH3 is 3. The molecule has 1 amide bonds. The molecule has 2 aromatic carbocycles. The van der Waals surface area contributed by atoms with Crippen molar-refractivity contribution in [3.63, 3.8) is 0 Å². The first-order chi connectivity index (χ1) is 12.2. The molecular weight excluding hydrogens is 324 g/mol. The van der Waals surface area contributed by atoms with E-state index in [9.17, 15) is 4.79 Å². The molecule has 7 nitrogen and oxygen atoms in total. The second-order valence-corrected chi connectivity index (χ2v) is 4.88. The van der Waals surface area contributed by atoms with Crippen LogP contribution in [0.25, 0.3) is 0 Å². The van der Waals surface area contributed by atoms with Crippen molar-refractivity contribution < 1.29 is 23.7 Å². The number of carbonyl (C=O) groups is 1. The second-order valence-electron chi connectivity index (χ2n) is 4.88. The highest BCUT2D eigenvalue weighted by molar-refractivity contribution is 5.83. The molecule has 0 spiro atoms. The van der Waals surface area contributed by atoms with Gasteiger partial charge in [0, 0.05) is 11.6 Å². The van der Waals surface area contributed by atoms with Crippen LogP contribution in [0.5, 0.6) is 23.0 Å². The van der Waals surface area contributed by atoms with Crippen molar-refractivity contribution in [3.8, 4) is 23.0 Å². The van der Waals surface area contributed by atoms with Gasteiger partial charge in [0.2, 0.25) is 0 Å². The zero-order valence-electron chi connectivity index (χ0n) is 14.3. The number of hydrogen-bond donors (Lipinski definition) is 1. The van der Waals surface area contributed by atoms with Gasteiger partial charge in [0.25, 0.3) is 5.91 Å². The molecule has 0 radical (unpaired) electrons. The highest BCUT2D eigenvalue weighted by atomic mass is 16.5. The number of amides is 1. The molecule has 1 N–H and O–H groups in total. The van der Waals surface area contributed by atoms with Crippen molar-refractivity contribution in [1.82, 2.24) is 5.43 Å². The molecule has 0 aromatic heterocycles. The first kappa shape index (κ1) is 18.1. The Bertz CT molecular complexity index is 724. The number of nitrogens with zero attached hydrogens (tertiary/aromatic N) is 1. The molecule has 0 fully saturated rings. The molecule has 132 valence electrons. The highest BCUT2D eigenvalue weighted by Gasteiger charge is 2.06. The number of ether oxygens (including phenoxy) is 4. The fraction of sp³-hybridized carbons (Fsp3) is 0.222. The molecule has 0 heterocycles. The maximum absolute atomic E-state index is 11.8. The maximum atomic E-state index is 11.8. The van der Waals surface area contributed by atoms with Gasteiger partial charge in [0.1, 0.15) is 11.5 Å². The predicted octanol–water partition coefficient (Wildman–Crippen LogP) is 2.24. The van der Waals surface area contributed by atoms with E-state index in [1.54, 1.807) is 50.6 Å². The Hall–Kier alpha value is -3.22. The summed E-state index contributed by atoms with van der Waals surface area (Å²) in [7, 11) is 4.66. The van der Waals surface area contributed by atoms with E-state index < -0.39 is 5.91 Å². The summed E-state index contributed by atoms with van der Waals surface area (Å²) in [6, 6.07) is 12.4. The summed E-state index contributed by atoms with van der Waals surface area (Å²) in [6.45, 7) is -0.181. The summed E-state index contributed by atoms with van der Waals surface area (Å²) >= 11 is 0. The van der Waals surface area contributed by atoms with E-state index in [4.69, 9.17) is 18.9 Å². The fourth-order valence-corrected chi connectivity index (χ4v) is 2.00. The Morgan fingerprint density at radius 2 is 1.64 bits per heavy atom. The summed E-state index contributed by atoms with van der Waals surface area (Å²) in [6.07, 6.45) is 1.49. The predicted molar refractivity (Wildman–Crippen MR) is 93.8 cm³/mol. The van der Waals surface area contributed by atoms with E-state index in [1.807, 2.05) is 6.07 Å². The van der Waals surface area contributed by atoms with Crippen molar-refractivity contribution in [2.75, 3.05) is 27.9 Å². The fourth-order valence-electron chi connectivity index (χ4n) is 2.00. The van der Waals surface area contributed by atoms with Crippen LogP contribution >= 0.6 is 0 Å². The van der Waals surface area contributed by atoms with Crippen LogP contribution in [0.2, 0.25) is 0 Å². The molecule has 2 rings (SSSR count). The molecule has 2 aromatic rings. The van der Waals surface area contributed by atoms with Crippen LogP contribution in [-0.4, -0.2) is 40.1 Å². The summed E-state index contributed by atoms with van der Waals surface area (Å²) < 4.78 is 20.9. The minimum absolute atomic E-state index is 0.181. The summed E-state index contributed by atoms with van der Waals surface area (Å²) in [5.41, 5.74) is 3.12.